The Bertz CT molecular complexity index is 1080. The van der Waals surface area contributed by atoms with Crippen LogP contribution in [-0.2, 0) is 13.5 Å². The highest BCUT2D eigenvalue weighted by atomic mass is 15.2. The van der Waals surface area contributed by atoms with Crippen molar-refractivity contribution >= 4 is 22.7 Å². The van der Waals surface area contributed by atoms with Crippen LogP contribution >= 0.6 is 0 Å². The number of anilines is 2. The standard InChI is InChI=1S/C19H19N7/c1-4-15-14(11-26(3)25-15)13-8-17-16(20-10-13)5-6-18(22-17)23-19-7-12(2)9-21-24-19/h5-11H,4H2,1-3H3,(H,22,23,24). The van der Waals surface area contributed by atoms with Gasteiger partial charge in [0.1, 0.15) is 5.82 Å². The minimum Gasteiger partial charge on any atom is -0.323 e. The fraction of sp³-hybridized carbons (Fsp3) is 0.211. The summed E-state index contributed by atoms with van der Waals surface area (Å²) in [5, 5.41) is 15.7. The van der Waals surface area contributed by atoms with E-state index in [1.807, 2.05) is 55.3 Å². The van der Waals surface area contributed by atoms with E-state index in [1.54, 1.807) is 6.20 Å². The Labute approximate surface area is 151 Å². The van der Waals surface area contributed by atoms with Crippen LogP contribution in [0.4, 0.5) is 11.6 Å². The van der Waals surface area contributed by atoms with E-state index in [2.05, 4.69) is 37.5 Å². The SMILES string of the molecule is CCc1nn(C)cc1-c1cnc2ccc(Nc3cc(C)cnn3)nc2c1. The van der Waals surface area contributed by atoms with Gasteiger partial charge in [0.2, 0.25) is 0 Å². The highest BCUT2D eigenvalue weighted by Crippen LogP contribution is 2.26. The summed E-state index contributed by atoms with van der Waals surface area (Å²) in [6, 6.07) is 7.81. The largest absolute Gasteiger partial charge is 0.323 e. The Hall–Kier alpha value is -3.35. The lowest BCUT2D eigenvalue weighted by molar-refractivity contribution is 0.746. The van der Waals surface area contributed by atoms with E-state index < -0.39 is 0 Å². The molecule has 0 amide bonds. The van der Waals surface area contributed by atoms with Crippen molar-refractivity contribution in [1.82, 2.24) is 29.9 Å². The van der Waals surface area contributed by atoms with Crippen LogP contribution in [0.5, 0.6) is 0 Å². The van der Waals surface area contributed by atoms with E-state index in [0.29, 0.717) is 11.6 Å². The first-order valence-corrected chi connectivity index (χ1v) is 8.48. The molecule has 0 aliphatic rings. The second kappa shape index (κ2) is 6.51. The number of nitrogens with one attached hydrogen (secondary N) is 1. The molecule has 26 heavy (non-hydrogen) atoms. The van der Waals surface area contributed by atoms with Gasteiger partial charge in [-0.15, -0.1) is 5.10 Å². The van der Waals surface area contributed by atoms with Crippen molar-refractivity contribution in [3.63, 3.8) is 0 Å². The third-order valence-electron chi connectivity index (χ3n) is 4.14. The number of fused-ring (bicyclic) bond motifs is 1. The second-order valence-electron chi connectivity index (χ2n) is 6.22. The predicted octanol–water partition coefficient (Wildman–Crippen LogP) is 3.43. The summed E-state index contributed by atoms with van der Waals surface area (Å²) in [6.07, 6.45) is 6.48. The van der Waals surface area contributed by atoms with Gasteiger partial charge in [-0.25, -0.2) is 4.98 Å². The third kappa shape index (κ3) is 3.11. The van der Waals surface area contributed by atoms with Gasteiger partial charge in [-0.2, -0.15) is 10.2 Å². The molecular weight excluding hydrogens is 326 g/mol. The van der Waals surface area contributed by atoms with Crippen molar-refractivity contribution in [1.29, 1.82) is 0 Å². The van der Waals surface area contributed by atoms with Crippen molar-refractivity contribution in [3.05, 3.63) is 54.1 Å². The summed E-state index contributed by atoms with van der Waals surface area (Å²) in [5.41, 5.74) is 5.86. The molecular formula is C19H19N7. The molecule has 130 valence electrons. The summed E-state index contributed by atoms with van der Waals surface area (Å²) >= 11 is 0. The molecule has 4 heterocycles. The number of aryl methyl sites for hydroxylation is 3. The molecule has 1 N–H and O–H groups in total. The first kappa shape index (κ1) is 16.1. The van der Waals surface area contributed by atoms with Gasteiger partial charge in [0, 0.05) is 30.6 Å². The third-order valence-corrected chi connectivity index (χ3v) is 4.14. The Morgan fingerprint density at radius 2 is 1.96 bits per heavy atom. The first-order valence-electron chi connectivity index (χ1n) is 8.48. The summed E-state index contributed by atoms with van der Waals surface area (Å²) < 4.78 is 1.83. The van der Waals surface area contributed by atoms with Crippen LogP contribution in [0.1, 0.15) is 18.2 Å². The van der Waals surface area contributed by atoms with Crippen LogP contribution in [-0.4, -0.2) is 29.9 Å². The van der Waals surface area contributed by atoms with Gasteiger partial charge in [0.05, 0.1) is 22.9 Å². The summed E-state index contributed by atoms with van der Waals surface area (Å²) in [6.45, 7) is 4.08. The number of rotatable bonds is 4. The lowest BCUT2D eigenvalue weighted by Gasteiger charge is -2.07. The lowest BCUT2D eigenvalue weighted by atomic mass is 10.1. The minimum atomic E-state index is 0.668. The zero-order valence-electron chi connectivity index (χ0n) is 14.9. The van der Waals surface area contributed by atoms with Crippen LogP contribution in [0.3, 0.4) is 0 Å². The molecule has 0 fully saturated rings. The maximum Gasteiger partial charge on any atom is 0.154 e. The zero-order chi connectivity index (χ0) is 18.1. The van der Waals surface area contributed by atoms with Gasteiger partial charge < -0.3 is 5.32 Å². The molecule has 4 aromatic heterocycles. The van der Waals surface area contributed by atoms with Crippen LogP contribution in [0, 0.1) is 6.92 Å². The number of hydrogen-bond donors (Lipinski definition) is 1. The molecule has 0 radical (unpaired) electrons. The van der Waals surface area contributed by atoms with Crippen molar-refractivity contribution in [2.24, 2.45) is 7.05 Å². The molecule has 0 aliphatic heterocycles. The average Bonchev–Trinajstić information content (AvgIpc) is 3.02. The Balaban J connectivity index is 1.72. The molecule has 0 bridgehead atoms. The molecule has 4 aromatic rings. The van der Waals surface area contributed by atoms with Crippen molar-refractivity contribution < 1.29 is 0 Å². The minimum absolute atomic E-state index is 0.668. The van der Waals surface area contributed by atoms with E-state index in [0.717, 1.165) is 39.8 Å². The average molecular weight is 345 g/mol. The fourth-order valence-electron chi connectivity index (χ4n) is 2.92. The van der Waals surface area contributed by atoms with E-state index in [-0.39, 0.29) is 0 Å². The van der Waals surface area contributed by atoms with Crippen molar-refractivity contribution in [3.8, 4) is 11.1 Å². The normalized spacial score (nSPS) is 11.0. The van der Waals surface area contributed by atoms with Gasteiger partial charge in [0.25, 0.3) is 0 Å². The number of pyridine rings is 2. The number of aromatic nitrogens is 6. The lowest BCUT2D eigenvalue weighted by Crippen LogP contribution is -1.98. The van der Waals surface area contributed by atoms with E-state index >= 15 is 0 Å². The summed E-state index contributed by atoms with van der Waals surface area (Å²) in [5.74, 6) is 1.37. The predicted molar refractivity (Wildman–Crippen MR) is 101 cm³/mol. The molecule has 0 aliphatic carbocycles. The highest BCUT2D eigenvalue weighted by molar-refractivity contribution is 5.82. The van der Waals surface area contributed by atoms with Gasteiger partial charge >= 0.3 is 0 Å². The quantitative estimate of drug-likeness (QED) is 0.610. The van der Waals surface area contributed by atoms with Gasteiger partial charge in [0.15, 0.2) is 5.82 Å². The molecule has 0 aromatic carbocycles. The molecule has 7 nitrogen and oxygen atoms in total. The van der Waals surface area contributed by atoms with E-state index in [9.17, 15) is 0 Å². The topological polar surface area (TPSA) is 81.4 Å². The first-order chi connectivity index (χ1) is 12.6. The Morgan fingerprint density at radius 3 is 2.77 bits per heavy atom. The summed E-state index contributed by atoms with van der Waals surface area (Å²) in [7, 11) is 1.93. The molecule has 0 spiro atoms. The number of nitrogens with zero attached hydrogens (tertiary/aromatic N) is 6. The monoisotopic (exact) mass is 345 g/mol. The molecule has 0 saturated heterocycles. The van der Waals surface area contributed by atoms with Crippen molar-refractivity contribution in [2.75, 3.05) is 5.32 Å². The molecule has 0 atom stereocenters. The van der Waals surface area contributed by atoms with Crippen LogP contribution in [0.15, 0.2) is 42.9 Å². The molecule has 0 saturated carbocycles. The van der Waals surface area contributed by atoms with Crippen molar-refractivity contribution in [2.45, 2.75) is 20.3 Å². The molecule has 7 heteroatoms. The number of hydrogen-bond acceptors (Lipinski definition) is 6. The fourth-order valence-corrected chi connectivity index (χ4v) is 2.92. The van der Waals surface area contributed by atoms with Crippen LogP contribution in [0.2, 0.25) is 0 Å². The van der Waals surface area contributed by atoms with E-state index in [4.69, 9.17) is 0 Å². The Morgan fingerprint density at radius 1 is 1.08 bits per heavy atom. The maximum atomic E-state index is 4.68. The van der Waals surface area contributed by atoms with Crippen LogP contribution in [0.25, 0.3) is 22.2 Å². The molecule has 0 unspecified atom stereocenters. The smallest absolute Gasteiger partial charge is 0.154 e. The van der Waals surface area contributed by atoms with Gasteiger partial charge in [-0.05, 0) is 43.2 Å². The van der Waals surface area contributed by atoms with Gasteiger partial charge in [-0.3, -0.25) is 9.67 Å². The summed E-state index contributed by atoms with van der Waals surface area (Å²) in [4.78, 5) is 9.23. The Kier molecular flexibility index (Phi) is 4.04. The second-order valence-corrected chi connectivity index (χ2v) is 6.22. The maximum absolute atomic E-state index is 4.68. The van der Waals surface area contributed by atoms with E-state index in [1.165, 1.54) is 0 Å². The zero-order valence-corrected chi connectivity index (χ0v) is 14.9. The van der Waals surface area contributed by atoms with Crippen LogP contribution < -0.4 is 5.32 Å². The van der Waals surface area contributed by atoms with Gasteiger partial charge in [-0.1, -0.05) is 6.92 Å². The molecule has 4 rings (SSSR count). The highest BCUT2D eigenvalue weighted by Gasteiger charge is 2.10.